The Morgan fingerprint density at radius 3 is 2.50 bits per heavy atom. The van der Waals surface area contributed by atoms with Crippen molar-refractivity contribution in [1.82, 2.24) is 15.3 Å². The maximum Gasteiger partial charge on any atom is 0.115 e. The zero-order valence-electron chi connectivity index (χ0n) is 10.6. The highest BCUT2D eigenvalue weighted by Gasteiger charge is 2.20. The Kier molecular flexibility index (Phi) is 6.01. The van der Waals surface area contributed by atoms with Crippen LogP contribution in [0.3, 0.4) is 0 Å². The predicted octanol–water partition coefficient (Wildman–Crippen LogP) is 2.95. The van der Waals surface area contributed by atoms with E-state index in [1.54, 1.807) is 6.33 Å². The Balaban J connectivity index is 2.78. The molecule has 90 valence electrons. The third-order valence-electron chi connectivity index (χ3n) is 3.06. The molecule has 0 saturated carbocycles. The van der Waals surface area contributed by atoms with Gasteiger partial charge in [0.15, 0.2) is 0 Å². The molecule has 0 amide bonds. The Morgan fingerprint density at radius 2 is 2.00 bits per heavy atom. The minimum Gasteiger partial charge on any atom is -0.308 e. The minimum atomic E-state index is 0.373. The Labute approximate surface area is 98.7 Å². The van der Waals surface area contributed by atoms with Crippen LogP contribution in [0, 0.1) is 5.92 Å². The van der Waals surface area contributed by atoms with Crippen LogP contribution in [-0.4, -0.2) is 16.5 Å². The van der Waals surface area contributed by atoms with E-state index in [0.717, 1.165) is 18.7 Å². The standard InChI is InChI=1S/C13H23N3/c1-4-8-15-13(11(5-2)6-3)12-7-9-14-10-16-12/h7,9-11,13,15H,4-6,8H2,1-3H3. The van der Waals surface area contributed by atoms with Crippen LogP contribution in [0.25, 0.3) is 0 Å². The van der Waals surface area contributed by atoms with Gasteiger partial charge in [0.25, 0.3) is 0 Å². The van der Waals surface area contributed by atoms with Crippen molar-refractivity contribution in [2.24, 2.45) is 5.92 Å². The lowest BCUT2D eigenvalue weighted by Crippen LogP contribution is -2.29. The third kappa shape index (κ3) is 3.56. The van der Waals surface area contributed by atoms with E-state index in [9.17, 15) is 0 Å². The van der Waals surface area contributed by atoms with Crippen LogP contribution >= 0.6 is 0 Å². The normalized spacial score (nSPS) is 13.0. The molecule has 1 aromatic rings. The molecule has 1 unspecified atom stereocenters. The molecule has 1 N–H and O–H groups in total. The molecular weight excluding hydrogens is 198 g/mol. The van der Waals surface area contributed by atoms with Crippen LogP contribution in [0.2, 0.25) is 0 Å². The van der Waals surface area contributed by atoms with Gasteiger partial charge in [0.2, 0.25) is 0 Å². The number of rotatable bonds is 7. The fraction of sp³-hybridized carbons (Fsp3) is 0.692. The van der Waals surface area contributed by atoms with E-state index >= 15 is 0 Å². The molecule has 0 aliphatic rings. The summed E-state index contributed by atoms with van der Waals surface area (Å²) in [6.45, 7) is 7.73. The second kappa shape index (κ2) is 7.34. The first kappa shape index (κ1) is 13.1. The van der Waals surface area contributed by atoms with Crippen molar-refractivity contribution in [1.29, 1.82) is 0 Å². The fourth-order valence-electron chi connectivity index (χ4n) is 2.06. The van der Waals surface area contributed by atoms with Gasteiger partial charge in [-0.15, -0.1) is 0 Å². The van der Waals surface area contributed by atoms with Gasteiger partial charge in [0.1, 0.15) is 6.33 Å². The second-order valence-electron chi connectivity index (χ2n) is 4.14. The largest absolute Gasteiger partial charge is 0.308 e. The summed E-state index contributed by atoms with van der Waals surface area (Å²) in [4.78, 5) is 8.36. The van der Waals surface area contributed by atoms with Gasteiger partial charge in [0.05, 0.1) is 11.7 Å². The number of nitrogens with zero attached hydrogens (tertiary/aromatic N) is 2. The van der Waals surface area contributed by atoms with E-state index < -0.39 is 0 Å². The lowest BCUT2D eigenvalue weighted by atomic mass is 9.91. The van der Waals surface area contributed by atoms with Gasteiger partial charge < -0.3 is 5.32 Å². The van der Waals surface area contributed by atoms with E-state index in [4.69, 9.17) is 0 Å². The molecule has 0 saturated heterocycles. The van der Waals surface area contributed by atoms with E-state index in [0.29, 0.717) is 12.0 Å². The molecule has 3 heteroatoms. The molecule has 0 bridgehead atoms. The van der Waals surface area contributed by atoms with Crippen LogP contribution in [0.4, 0.5) is 0 Å². The molecule has 0 aromatic carbocycles. The van der Waals surface area contributed by atoms with Crippen molar-refractivity contribution in [2.75, 3.05) is 6.54 Å². The molecule has 16 heavy (non-hydrogen) atoms. The molecule has 3 nitrogen and oxygen atoms in total. The summed E-state index contributed by atoms with van der Waals surface area (Å²) in [7, 11) is 0. The molecule has 0 aliphatic carbocycles. The monoisotopic (exact) mass is 221 g/mol. The van der Waals surface area contributed by atoms with Crippen molar-refractivity contribution >= 4 is 0 Å². The average molecular weight is 221 g/mol. The number of hydrogen-bond donors (Lipinski definition) is 1. The number of aromatic nitrogens is 2. The molecule has 1 heterocycles. The first-order valence-electron chi connectivity index (χ1n) is 6.32. The van der Waals surface area contributed by atoms with Gasteiger partial charge in [-0.05, 0) is 24.9 Å². The summed E-state index contributed by atoms with van der Waals surface area (Å²) < 4.78 is 0. The van der Waals surface area contributed by atoms with Crippen LogP contribution in [-0.2, 0) is 0 Å². The quantitative estimate of drug-likeness (QED) is 0.769. The van der Waals surface area contributed by atoms with Gasteiger partial charge in [-0.1, -0.05) is 33.6 Å². The van der Waals surface area contributed by atoms with Crippen LogP contribution in [0.15, 0.2) is 18.6 Å². The molecule has 0 radical (unpaired) electrons. The first-order chi connectivity index (χ1) is 7.83. The zero-order valence-corrected chi connectivity index (χ0v) is 10.6. The highest BCUT2D eigenvalue weighted by Crippen LogP contribution is 2.25. The van der Waals surface area contributed by atoms with Gasteiger partial charge in [-0.3, -0.25) is 0 Å². The molecule has 1 aromatic heterocycles. The number of hydrogen-bond acceptors (Lipinski definition) is 3. The Bertz CT molecular complexity index is 270. The summed E-state index contributed by atoms with van der Waals surface area (Å²) >= 11 is 0. The second-order valence-corrected chi connectivity index (χ2v) is 4.14. The SMILES string of the molecule is CCCNC(c1ccncn1)C(CC)CC. The van der Waals surface area contributed by atoms with Crippen LogP contribution < -0.4 is 5.32 Å². The van der Waals surface area contributed by atoms with Gasteiger partial charge in [0, 0.05) is 6.20 Å². The molecule has 0 fully saturated rings. The van der Waals surface area contributed by atoms with E-state index in [1.807, 2.05) is 12.3 Å². The summed E-state index contributed by atoms with van der Waals surface area (Å²) in [5.74, 6) is 0.654. The maximum absolute atomic E-state index is 4.38. The molecule has 0 spiro atoms. The van der Waals surface area contributed by atoms with Gasteiger partial charge in [-0.2, -0.15) is 0 Å². The molecule has 1 rings (SSSR count). The zero-order chi connectivity index (χ0) is 11.8. The lowest BCUT2D eigenvalue weighted by molar-refractivity contribution is 0.335. The highest BCUT2D eigenvalue weighted by molar-refractivity contribution is 5.06. The maximum atomic E-state index is 4.38. The van der Waals surface area contributed by atoms with Crippen molar-refractivity contribution < 1.29 is 0 Å². The van der Waals surface area contributed by atoms with E-state index in [2.05, 4.69) is 36.1 Å². The Morgan fingerprint density at radius 1 is 1.25 bits per heavy atom. The predicted molar refractivity (Wildman–Crippen MR) is 67.1 cm³/mol. The molecule has 0 aliphatic heterocycles. The van der Waals surface area contributed by atoms with Gasteiger partial charge in [-0.25, -0.2) is 9.97 Å². The molecule has 1 atom stereocenters. The average Bonchev–Trinajstić information content (AvgIpc) is 2.35. The van der Waals surface area contributed by atoms with Crippen molar-refractivity contribution in [3.05, 3.63) is 24.3 Å². The summed E-state index contributed by atoms with van der Waals surface area (Å²) in [6, 6.07) is 2.39. The van der Waals surface area contributed by atoms with E-state index in [1.165, 1.54) is 12.8 Å². The van der Waals surface area contributed by atoms with Crippen molar-refractivity contribution in [3.8, 4) is 0 Å². The number of nitrogens with one attached hydrogen (secondary N) is 1. The van der Waals surface area contributed by atoms with Crippen LogP contribution in [0.5, 0.6) is 0 Å². The van der Waals surface area contributed by atoms with Crippen molar-refractivity contribution in [2.45, 2.75) is 46.1 Å². The summed E-state index contributed by atoms with van der Waals surface area (Å²) in [5, 5.41) is 3.60. The fourth-order valence-corrected chi connectivity index (χ4v) is 2.06. The Hall–Kier alpha value is -0.960. The third-order valence-corrected chi connectivity index (χ3v) is 3.06. The minimum absolute atomic E-state index is 0.373. The van der Waals surface area contributed by atoms with Gasteiger partial charge >= 0.3 is 0 Å². The van der Waals surface area contributed by atoms with Crippen molar-refractivity contribution in [3.63, 3.8) is 0 Å². The topological polar surface area (TPSA) is 37.8 Å². The molecular formula is C13H23N3. The summed E-state index contributed by atoms with van der Waals surface area (Å²) in [5.41, 5.74) is 1.12. The lowest BCUT2D eigenvalue weighted by Gasteiger charge is -2.25. The first-order valence-corrected chi connectivity index (χ1v) is 6.32. The smallest absolute Gasteiger partial charge is 0.115 e. The summed E-state index contributed by atoms with van der Waals surface area (Å²) in [6.07, 6.45) is 6.98. The van der Waals surface area contributed by atoms with E-state index in [-0.39, 0.29) is 0 Å². The highest BCUT2D eigenvalue weighted by atomic mass is 15.0. The van der Waals surface area contributed by atoms with Crippen LogP contribution in [0.1, 0.15) is 51.8 Å².